The van der Waals surface area contributed by atoms with Crippen LogP contribution in [-0.2, 0) is 0 Å². The first kappa shape index (κ1) is 13.8. The summed E-state index contributed by atoms with van der Waals surface area (Å²) in [5.41, 5.74) is 0.778. The molecule has 0 aliphatic carbocycles. The fraction of sp³-hybridized carbons (Fsp3) is 0.909. The average molecular weight is 215 g/mol. The Balaban J connectivity index is 4.83. The van der Waals surface area contributed by atoms with Gasteiger partial charge in [0.25, 0.3) is 0 Å². The third-order valence-electron chi connectivity index (χ3n) is 3.66. The van der Waals surface area contributed by atoms with Crippen LogP contribution < -0.4 is 0 Å². The molecular formula is C11H25NOSi. The van der Waals surface area contributed by atoms with Crippen molar-refractivity contribution in [1.82, 2.24) is 0 Å². The van der Waals surface area contributed by atoms with E-state index in [0.717, 1.165) is 30.3 Å². The molecule has 0 aromatic rings. The van der Waals surface area contributed by atoms with E-state index in [4.69, 9.17) is 0 Å². The molecule has 1 unspecified atom stereocenters. The molecule has 0 aromatic heterocycles. The lowest BCUT2D eigenvalue weighted by Crippen LogP contribution is -2.50. The number of aliphatic hydroxyl groups excluding tert-OH is 1. The Morgan fingerprint density at radius 2 is 1.57 bits per heavy atom. The number of nitrogens with zero attached hydrogens (tertiary/aromatic N) is 1. The minimum Gasteiger partial charge on any atom is -0.391 e. The minimum absolute atomic E-state index is 0.225. The van der Waals surface area contributed by atoms with Crippen LogP contribution in [0.1, 0.15) is 34.1 Å². The Kier molecular flexibility index (Phi) is 6.28. The predicted molar refractivity (Wildman–Crippen MR) is 66.9 cm³/mol. The highest BCUT2D eigenvalue weighted by atomic mass is 28.3. The van der Waals surface area contributed by atoms with Crippen molar-refractivity contribution in [3.63, 3.8) is 0 Å². The maximum Gasteiger partial charge on any atom is 0.0937 e. The van der Waals surface area contributed by atoms with E-state index in [9.17, 15) is 5.11 Å². The van der Waals surface area contributed by atoms with Gasteiger partial charge in [0.15, 0.2) is 0 Å². The van der Waals surface area contributed by atoms with Gasteiger partial charge in [-0.05, 0) is 6.42 Å². The summed E-state index contributed by atoms with van der Waals surface area (Å²) in [4.78, 5) is 4.22. The highest BCUT2D eigenvalue weighted by molar-refractivity contribution is 6.83. The first-order valence-corrected chi connectivity index (χ1v) is 8.45. The molecule has 84 valence electrons. The fourth-order valence-corrected chi connectivity index (χ4v) is 5.86. The van der Waals surface area contributed by atoms with Crippen LogP contribution >= 0.6 is 0 Å². The molecule has 0 saturated heterocycles. The SMILES string of the molecule is CCC(=NC)C(O)[Si](CC)(CC)CC. The van der Waals surface area contributed by atoms with Crippen molar-refractivity contribution in [2.75, 3.05) is 7.05 Å². The summed E-state index contributed by atoms with van der Waals surface area (Å²) in [6, 6.07) is 3.46. The van der Waals surface area contributed by atoms with Gasteiger partial charge in [-0.25, -0.2) is 0 Å². The van der Waals surface area contributed by atoms with Gasteiger partial charge in [-0.2, -0.15) is 0 Å². The van der Waals surface area contributed by atoms with Crippen molar-refractivity contribution in [2.45, 2.75) is 58.0 Å². The molecule has 2 nitrogen and oxygen atoms in total. The van der Waals surface area contributed by atoms with Crippen LogP contribution in [0.25, 0.3) is 0 Å². The monoisotopic (exact) mass is 215 g/mol. The van der Waals surface area contributed by atoms with Gasteiger partial charge in [0.05, 0.1) is 13.8 Å². The zero-order chi connectivity index (χ0) is 11.2. The molecule has 1 atom stereocenters. The average Bonchev–Trinajstić information content (AvgIpc) is 2.23. The molecule has 0 aliphatic heterocycles. The molecule has 0 saturated carbocycles. The van der Waals surface area contributed by atoms with E-state index in [1.165, 1.54) is 0 Å². The number of aliphatic imine (C=N–C) groups is 1. The third kappa shape index (κ3) is 2.67. The van der Waals surface area contributed by atoms with Crippen molar-refractivity contribution in [3.05, 3.63) is 0 Å². The van der Waals surface area contributed by atoms with Crippen LogP contribution in [0.5, 0.6) is 0 Å². The number of hydrogen-bond donors (Lipinski definition) is 1. The van der Waals surface area contributed by atoms with Crippen molar-refractivity contribution in [2.24, 2.45) is 4.99 Å². The van der Waals surface area contributed by atoms with E-state index < -0.39 is 8.07 Å². The molecule has 0 bridgehead atoms. The Hall–Kier alpha value is -0.153. The predicted octanol–water partition coefficient (Wildman–Crippen LogP) is 2.88. The second-order valence-corrected chi connectivity index (χ2v) is 9.29. The quantitative estimate of drug-likeness (QED) is 0.536. The van der Waals surface area contributed by atoms with E-state index in [-0.39, 0.29) is 5.73 Å². The van der Waals surface area contributed by atoms with Gasteiger partial charge in [0.1, 0.15) is 0 Å². The van der Waals surface area contributed by atoms with Gasteiger partial charge in [0.2, 0.25) is 0 Å². The van der Waals surface area contributed by atoms with Crippen molar-refractivity contribution in [1.29, 1.82) is 0 Å². The lowest BCUT2D eigenvalue weighted by molar-refractivity contribution is 0.301. The van der Waals surface area contributed by atoms with E-state index in [2.05, 4.69) is 32.7 Å². The standard InChI is InChI=1S/C11H25NOSi/c1-6-10(12-5)11(13)14(7-2,8-3)9-4/h11,13H,6-9H2,1-5H3. The fourth-order valence-electron chi connectivity index (χ4n) is 2.16. The Labute approximate surface area is 89.5 Å². The van der Waals surface area contributed by atoms with Gasteiger partial charge in [-0.3, -0.25) is 4.99 Å². The molecule has 0 rings (SSSR count). The van der Waals surface area contributed by atoms with Gasteiger partial charge in [0, 0.05) is 12.8 Å². The Morgan fingerprint density at radius 1 is 1.14 bits per heavy atom. The first-order valence-electron chi connectivity index (χ1n) is 5.75. The molecule has 0 aromatic carbocycles. The zero-order valence-corrected chi connectivity index (χ0v) is 11.3. The second kappa shape index (κ2) is 6.35. The van der Waals surface area contributed by atoms with Crippen LogP contribution in [0.15, 0.2) is 4.99 Å². The number of rotatable bonds is 6. The molecule has 0 amide bonds. The van der Waals surface area contributed by atoms with Crippen LogP contribution in [-0.4, -0.2) is 31.7 Å². The largest absolute Gasteiger partial charge is 0.391 e. The summed E-state index contributed by atoms with van der Waals surface area (Å²) in [6.07, 6.45) is 0.881. The van der Waals surface area contributed by atoms with Crippen molar-refractivity contribution >= 4 is 13.8 Å². The Bertz CT molecular complexity index is 179. The topological polar surface area (TPSA) is 32.6 Å². The summed E-state index contributed by atoms with van der Waals surface area (Å²) in [5, 5.41) is 10.4. The van der Waals surface area contributed by atoms with E-state index in [0.29, 0.717) is 0 Å². The van der Waals surface area contributed by atoms with Gasteiger partial charge < -0.3 is 5.11 Å². The normalized spacial score (nSPS) is 15.7. The molecule has 0 spiro atoms. The van der Waals surface area contributed by atoms with Crippen molar-refractivity contribution in [3.8, 4) is 0 Å². The lowest BCUT2D eigenvalue weighted by atomic mass is 10.3. The minimum atomic E-state index is -1.50. The lowest BCUT2D eigenvalue weighted by Gasteiger charge is -2.34. The molecule has 0 fully saturated rings. The number of aliphatic hydroxyl groups is 1. The summed E-state index contributed by atoms with van der Waals surface area (Å²) in [7, 11) is 0.293. The molecule has 14 heavy (non-hydrogen) atoms. The summed E-state index contributed by atoms with van der Waals surface area (Å²) < 4.78 is 0. The van der Waals surface area contributed by atoms with Crippen LogP contribution in [0.3, 0.4) is 0 Å². The first-order chi connectivity index (χ1) is 6.61. The molecule has 0 heterocycles. The highest BCUT2D eigenvalue weighted by Gasteiger charge is 2.37. The molecular weight excluding hydrogens is 190 g/mol. The van der Waals surface area contributed by atoms with Gasteiger partial charge >= 0.3 is 0 Å². The molecule has 1 N–H and O–H groups in total. The number of hydrogen-bond acceptors (Lipinski definition) is 2. The van der Waals surface area contributed by atoms with E-state index in [1.807, 2.05) is 0 Å². The highest BCUT2D eigenvalue weighted by Crippen LogP contribution is 2.25. The van der Waals surface area contributed by atoms with Gasteiger partial charge in [-0.1, -0.05) is 45.8 Å². The van der Waals surface area contributed by atoms with Crippen molar-refractivity contribution < 1.29 is 5.11 Å². The van der Waals surface area contributed by atoms with E-state index in [1.54, 1.807) is 7.05 Å². The Morgan fingerprint density at radius 3 is 1.79 bits per heavy atom. The van der Waals surface area contributed by atoms with E-state index >= 15 is 0 Å². The van der Waals surface area contributed by atoms with Crippen LogP contribution in [0.4, 0.5) is 0 Å². The summed E-state index contributed by atoms with van der Waals surface area (Å²) in [6.45, 7) is 8.72. The molecule has 3 heteroatoms. The smallest absolute Gasteiger partial charge is 0.0937 e. The summed E-state index contributed by atoms with van der Waals surface area (Å²) in [5.74, 6) is 0. The maximum atomic E-state index is 10.4. The molecule has 0 radical (unpaired) electrons. The van der Waals surface area contributed by atoms with Crippen LogP contribution in [0, 0.1) is 0 Å². The molecule has 0 aliphatic rings. The zero-order valence-electron chi connectivity index (χ0n) is 10.3. The maximum absolute atomic E-state index is 10.4. The van der Waals surface area contributed by atoms with Gasteiger partial charge in [-0.15, -0.1) is 0 Å². The second-order valence-electron chi connectivity index (χ2n) is 3.89. The third-order valence-corrected chi connectivity index (χ3v) is 9.38. The van der Waals surface area contributed by atoms with Crippen LogP contribution in [0.2, 0.25) is 18.1 Å². The summed E-state index contributed by atoms with van der Waals surface area (Å²) >= 11 is 0.